The second kappa shape index (κ2) is 9.93. The van der Waals surface area contributed by atoms with E-state index in [0.29, 0.717) is 11.3 Å². The summed E-state index contributed by atoms with van der Waals surface area (Å²) >= 11 is 1.49. The molecule has 1 aromatic carbocycles. The molecule has 0 spiro atoms. The molecular formula is C19H23NO4S. The molecule has 2 aromatic rings. The Balaban J connectivity index is 1.89. The van der Waals surface area contributed by atoms with Crippen molar-refractivity contribution in [1.29, 1.82) is 0 Å². The summed E-state index contributed by atoms with van der Waals surface area (Å²) in [6.45, 7) is 3.72. The third kappa shape index (κ3) is 6.31. The highest BCUT2D eigenvalue weighted by molar-refractivity contribution is 7.98. The molecule has 5 nitrogen and oxygen atoms in total. The van der Waals surface area contributed by atoms with Crippen LogP contribution in [-0.4, -0.2) is 24.5 Å². The van der Waals surface area contributed by atoms with E-state index in [1.165, 1.54) is 11.8 Å². The minimum absolute atomic E-state index is 0.0762. The van der Waals surface area contributed by atoms with Gasteiger partial charge in [0.25, 0.3) is 5.91 Å². The van der Waals surface area contributed by atoms with Crippen LogP contribution in [0.15, 0.2) is 52.0 Å². The van der Waals surface area contributed by atoms with Crippen molar-refractivity contribution in [2.24, 2.45) is 0 Å². The molecule has 1 amide bonds. The van der Waals surface area contributed by atoms with E-state index < -0.39 is 5.97 Å². The van der Waals surface area contributed by atoms with Crippen molar-refractivity contribution >= 4 is 23.6 Å². The van der Waals surface area contributed by atoms with Crippen molar-refractivity contribution in [3.8, 4) is 0 Å². The average Bonchev–Trinajstić information content (AvgIpc) is 3.12. The number of thioether (sulfide) groups is 1. The zero-order valence-electron chi connectivity index (χ0n) is 14.5. The first-order chi connectivity index (χ1) is 12.1. The lowest BCUT2D eigenvalue weighted by Crippen LogP contribution is -2.35. The van der Waals surface area contributed by atoms with Gasteiger partial charge in [0.1, 0.15) is 5.76 Å². The van der Waals surface area contributed by atoms with E-state index in [2.05, 4.69) is 12.2 Å². The molecule has 0 fully saturated rings. The van der Waals surface area contributed by atoms with Crippen LogP contribution in [-0.2, 0) is 15.3 Å². The van der Waals surface area contributed by atoms with E-state index in [0.717, 1.165) is 23.5 Å². The van der Waals surface area contributed by atoms with Crippen LogP contribution in [0.25, 0.3) is 0 Å². The normalized spacial score (nSPS) is 11.8. The van der Waals surface area contributed by atoms with Crippen LogP contribution in [0.3, 0.4) is 0 Å². The summed E-state index contributed by atoms with van der Waals surface area (Å²) < 4.78 is 10.5. The number of hydrogen-bond acceptors (Lipinski definition) is 5. The topological polar surface area (TPSA) is 68.5 Å². The lowest BCUT2D eigenvalue weighted by Gasteiger charge is -2.13. The molecule has 0 saturated heterocycles. The van der Waals surface area contributed by atoms with E-state index in [9.17, 15) is 9.59 Å². The second-order valence-corrected chi connectivity index (χ2v) is 6.71. The van der Waals surface area contributed by atoms with Gasteiger partial charge in [-0.25, -0.2) is 4.79 Å². The Kier molecular flexibility index (Phi) is 7.60. The Bertz CT molecular complexity index is 684. The standard InChI is InChI=1S/C19H23NO4S/c1-3-7-14(2)20-18(21)12-24-19(22)16-9-4-5-10-17(16)25-13-15-8-6-11-23-15/h4-6,8-11,14H,3,7,12-13H2,1-2H3,(H,20,21). The number of carbonyl (C=O) groups excluding carboxylic acids is 2. The second-order valence-electron chi connectivity index (χ2n) is 5.70. The Morgan fingerprint density at radius 1 is 1.24 bits per heavy atom. The molecule has 0 bridgehead atoms. The van der Waals surface area contributed by atoms with E-state index in [1.54, 1.807) is 18.4 Å². The third-order valence-electron chi connectivity index (χ3n) is 3.52. The summed E-state index contributed by atoms with van der Waals surface area (Å²) in [5.41, 5.74) is 0.452. The smallest absolute Gasteiger partial charge is 0.339 e. The number of benzene rings is 1. The predicted molar refractivity (Wildman–Crippen MR) is 97.5 cm³/mol. The minimum atomic E-state index is -0.499. The van der Waals surface area contributed by atoms with Crippen molar-refractivity contribution in [1.82, 2.24) is 5.32 Å². The van der Waals surface area contributed by atoms with Crippen LogP contribution in [0.1, 0.15) is 42.8 Å². The summed E-state index contributed by atoms with van der Waals surface area (Å²) in [7, 11) is 0. The molecule has 0 aliphatic carbocycles. The van der Waals surface area contributed by atoms with Gasteiger partial charge in [-0.15, -0.1) is 11.8 Å². The van der Waals surface area contributed by atoms with Crippen LogP contribution in [0.4, 0.5) is 0 Å². The van der Waals surface area contributed by atoms with Gasteiger partial charge in [-0.3, -0.25) is 4.79 Å². The zero-order chi connectivity index (χ0) is 18.1. The minimum Gasteiger partial charge on any atom is -0.468 e. The number of nitrogens with one attached hydrogen (secondary N) is 1. The third-order valence-corrected chi connectivity index (χ3v) is 4.62. The Hall–Kier alpha value is -2.21. The first kappa shape index (κ1) is 19.1. The van der Waals surface area contributed by atoms with E-state index in [4.69, 9.17) is 9.15 Å². The SMILES string of the molecule is CCCC(C)NC(=O)COC(=O)c1ccccc1SCc1ccco1. The van der Waals surface area contributed by atoms with Crippen LogP contribution >= 0.6 is 11.8 Å². The number of esters is 1. The van der Waals surface area contributed by atoms with E-state index >= 15 is 0 Å². The fraction of sp³-hybridized carbons (Fsp3) is 0.368. The van der Waals surface area contributed by atoms with Crippen molar-refractivity contribution in [3.63, 3.8) is 0 Å². The molecule has 0 aliphatic heterocycles. The quantitative estimate of drug-likeness (QED) is 0.539. The fourth-order valence-electron chi connectivity index (χ4n) is 2.34. The van der Waals surface area contributed by atoms with Gasteiger partial charge in [0, 0.05) is 10.9 Å². The van der Waals surface area contributed by atoms with Crippen molar-refractivity contribution < 1.29 is 18.7 Å². The first-order valence-corrected chi connectivity index (χ1v) is 9.29. The maximum atomic E-state index is 12.3. The highest BCUT2D eigenvalue weighted by Gasteiger charge is 2.15. The largest absolute Gasteiger partial charge is 0.468 e. The zero-order valence-corrected chi connectivity index (χ0v) is 15.3. The molecule has 25 heavy (non-hydrogen) atoms. The van der Waals surface area contributed by atoms with Crippen molar-refractivity contribution in [2.75, 3.05) is 6.61 Å². The van der Waals surface area contributed by atoms with Crippen LogP contribution in [0, 0.1) is 0 Å². The monoisotopic (exact) mass is 361 g/mol. The van der Waals surface area contributed by atoms with Crippen molar-refractivity contribution in [3.05, 3.63) is 54.0 Å². The van der Waals surface area contributed by atoms with Crippen LogP contribution in [0.2, 0.25) is 0 Å². The summed E-state index contributed by atoms with van der Waals surface area (Å²) in [6, 6.07) is 11.0. The highest BCUT2D eigenvalue weighted by atomic mass is 32.2. The number of rotatable bonds is 9. The number of amides is 1. The maximum absolute atomic E-state index is 12.3. The Labute approximate surface area is 152 Å². The van der Waals surface area contributed by atoms with Gasteiger partial charge in [-0.05, 0) is 37.6 Å². The molecule has 0 radical (unpaired) electrons. The molecular weight excluding hydrogens is 338 g/mol. The van der Waals surface area contributed by atoms with Gasteiger partial charge in [-0.2, -0.15) is 0 Å². The first-order valence-electron chi connectivity index (χ1n) is 8.30. The number of hydrogen-bond donors (Lipinski definition) is 1. The molecule has 1 N–H and O–H groups in total. The van der Waals surface area contributed by atoms with Gasteiger partial charge in [-0.1, -0.05) is 25.5 Å². The van der Waals surface area contributed by atoms with Gasteiger partial charge < -0.3 is 14.5 Å². The lowest BCUT2D eigenvalue weighted by molar-refractivity contribution is -0.124. The predicted octanol–water partition coefficient (Wildman–Crippen LogP) is 4.03. The number of furan rings is 1. The summed E-state index contributed by atoms with van der Waals surface area (Å²) in [5.74, 6) is 0.667. The molecule has 1 heterocycles. The molecule has 1 unspecified atom stereocenters. The van der Waals surface area contributed by atoms with E-state index in [-0.39, 0.29) is 18.6 Å². The van der Waals surface area contributed by atoms with Gasteiger partial charge in [0.15, 0.2) is 6.61 Å². The highest BCUT2D eigenvalue weighted by Crippen LogP contribution is 2.27. The maximum Gasteiger partial charge on any atom is 0.339 e. The molecule has 1 aromatic heterocycles. The molecule has 0 aliphatic rings. The fourth-order valence-corrected chi connectivity index (χ4v) is 3.28. The Morgan fingerprint density at radius 2 is 2.04 bits per heavy atom. The molecule has 1 atom stereocenters. The van der Waals surface area contributed by atoms with Crippen LogP contribution < -0.4 is 5.32 Å². The molecule has 6 heteroatoms. The Morgan fingerprint density at radius 3 is 2.76 bits per heavy atom. The lowest BCUT2D eigenvalue weighted by atomic mass is 10.2. The van der Waals surface area contributed by atoms with Crippen molar-refractivity contribution in [2.45, 2.75) is 43.4 Å². The van der Waals surface area contributed by atoms with Gasteiger partial charge >= 0.3 is 5.97 Å². The summed E-state index contributed by atoms with van der Waals surface area (Å²) in [6.07, 6.45) is 3.50. The van der Waals surface area contributed by atoms with E-state index in [1.807, 2.05) is 31.2 Å². The summed E-state index contributed by atoms with van der Waals surface area (Å²) in [5, 5.41) is 2.81. The average molecular weight is 361 g/mol. The number of ether oxygens (including phenoxy) is 1. The molecule has 2 rings (SSSR count). The summed E-state index contributed by atoms with van der Waals surface area (Å²) in [4.78, 5) is 24.9. The van der Waals surface area contributed by atoms with Crippen LogP contribution in [0.5, 0.6) is 0 Å². The molecule has 0 saturated carbocycles. The molecule has 134 valence electrons. The van der Waals surface area contributed by atoms with Gasteiger partial charge in [0.05, 0.1) is 17.6 Å². The number of carbonyl (C=O) groups is 2. The van der Waals surface area contributed by atoms with Gasteiger partial charge in [0.2, 0.25) is 0 Å².